The van der Waals surface area contributed by atoms with Crippen LogP contribution in [0, 0.1) is 11.3 Å². The second-order valence-corrected chi connectivity index (χ2v) is 8.11. The molecule has 0 atom stereocenters. The molecule has 1 heterocycles. The molecule has 0 saturated carbocycles. The Bertz CT molecular complexity index is 1330. The lowest BCUT2D eigenvalue weighted by Crippen LogP contribution is -2.13. The number of rotatable bonds is 7. The average Bonchev–Trinajstić information content (AvgIpc) is 3.28. The summed E-state index contributed by atoms with van der Waals surface area (Å²) in [5.41, 5.74) is 1.44. The molecule has 0 aliphatic heterocycles. The predicted molar refractivity (Wildman–Crippen MR) is 112 cm³/mol. The summed E-state index contributed by atoms with van der Waals surface area (Å²) < 4.78 is 38.7. The number of benzene rings is 3. The van der Waals surface area contributed by atoms with Gasteiger partial charge in [0.05, 0.1) is 16.5 Å². The lowest BCUT2D eigenvalue weighted by atomic mass is 10.2. The number of aromatic nitrogens is 2. The average molecular weight is 432 g/mol. The minimum atomic E-state index is -3.81. The summed E-state index contributed by atoms with van der Waals surface area (Å²) >= 11 is 0. The second kappa shape index (κ2) is 8.69. The van der Waals surface area contributed by atoms with Crippen molar-refractivity contribution in [3.05, 3.63) is 90.3 Å². The molecule has 4 rings (SSSR count). The fourth-order valence-electron chi connectivity index (χ4n) is 2.72. The molecule has 0 radical (unpaired) electrons. The first-order valence-corrected chi connectivity index (χ1v) is 10.7. The lowest BCUT2D eigenvalue weighted by Gasteiger charge is -2.09. The number of anilines is 1. The van der Waals surface area contributed by atoms with Crippen molar-refractivity contribution in [2.75, 3.05) is 4.72 Å². The number of hydrogen-bond acceptors (Lipinski definition) is 7. The largest absolute Gasteiger partial charge is 0.484 e. The molecule has 0 bridgehead atoms. The van der Waals surface area contributed by atoms with E-state index in [0.717, 1.165) is 5.56 Å². The fraction of sp³-hybridized carbons (Fsp3) is 0.0455. The summed E-state index contributed by atoms with van der Waals surface area (Å²) in [6, 6.07) is 23.5. The van der Waals surface area contributed by atoms with Crippen molar-refractivity contribution in [1.29, 1.82) is 5.26 Å². The van der Waals surface area contributed by atoms with E-state index in [4.69, 9.17) is 14.4 Å². The van der Waals surface area contributed by atoms with Gasteiger partial charge in [0.2, 0.25) is 5.89 Å². The van der Waals surface area contributed by atoms with Crippen molar-refractivity contribution in [1.82, 2.24) is 10.2 Å². The van der Waals surface area contributed by atoms with E-state index in [0.29, 0.717) is 23.2 Å². The third-order valence-electron chi connectivity index (χ3n) is 4.23. The summed E-state index contributed by atoms with van der Waals surface area (Å²) in [5.74, 6) is 1.24. The van der Waals surface area contributed by atoms with Crippen LogP contribution in [0.25, 0.3) is 11.5 Å². The molecule has 8 nitrogen and oxygen atoms in total. The number of nitrogens with zero attached hydrogens (tertiary/aromatic N) is 3. The summed E-state index contributed by atoms with van der Waals surface area (Å²) in [7, 11) is -3.81. The second-order valence-electron chi connectivity index (χ2n) is 6.43. The van der Waals surface area contributed by atoms with E-state index >= 15 is 0 Å². The number of sulfonamides is 1. The highest BCUT2D eigenvalue weighted by molar-refractivity contribution is 7.92. The highest BCUT2D eigenvalue weighted by Gasteiger charge is 2.15. The zero-order valence-corrected chi connectivity index (χ0v) is 16.9. The predicted octanol–water partition coefficient (Wildman–Crippen LogP) is 3.99. The molecule has 0 fully saturated rings. The minimum absolute atomic E-state index is 0.0116. The normalized spacial score (nSPS) is 10.9. The minimum Gasteiger partial charge on any atom is -0.484 e. The Kier molecular flexibility index (Phi) is 5.64. The van der Waals surface area contributed by atoms with Crippen LogP contribution in [0.1, 0.15) is 11.5 Å². The van der Waals surface area contributed by atoms with Gasteiger partial charge in [-0.1, -0.05) is 24.3 Å². The number of nitrogens with one attached hydrogen (secondary N) is 1. The van der Waals surface area contributed by atoms with Gasteiger partial charge < -0.3 is 9.15 Å². The Morgan fingerprint density at radius 3 is 2.48 bits per heavy atom. The van der Waals surface area contributed by atoms with Gasteiger partial charge >= 0.3 is 0 Å². The van der Waals surface area contributed by atoms with Gasteiger partial charge in [-0.25, -0.2) is 8.42 Å². The van der Waals surface area contributed by atoms with Crippen molar-refractivity contribution in [2.45, 2.75) is 11.5 Å². The zero-order valence-electron chi connectivity index (χ0n) is 16.1. The molecule has 1 N–H and O–H groups in total. The highest BCUT2D eigenvalue weighted by atomic mass is 32.2. The van der Waals surface area contributed by atoms with Crippen LogP contribution in [0.5, 0.6) is 5.75 Å². The molecular weight excluding hydrogens is 416 g/mol. The molecule has 0 amide bonds. The summed E-state index contributed by atoms with van der Waals surface area (Å²) in [6.07, 6.45) is 0. The summed E-state index contributed by atoms with van der Waals surface area (Å²) in [4.78, 5) is 0.0116. The maximum Gasteiger partial charge on any atom is 0.261 e. The van der Waals surface area contributed by atoms with Crippen LogP contribution in [0.15, 0.2) is 88.2 Å². The molecule has 3 aromatic carbocycles. The monoisotopic (exact) mass is 432 g/mol. The van der Waals surface area contributed by atoms with Gasteiger partial charge in [-0.15, -0.1) is 10.2 Å². The molecule has 31 heavy (non-hydrogen) atoms. The summed E-state index contributed by atoms with van der Waals surface area (Å²) in [6.45, 7) is 0.0753. The van der Waals surface area contributed by atoms with Crippen molar-refractivity contribution < 1.29 is 17.6 Å². The molecule has 9 heteroatoms. The van der Waals surface area contributed by atoms with Crippen LogP contribution in [0.3, 0.4) is 0 Å². The van der Waals surface area contributed by atoms with Crippen molar-refractivity contribution in [3.8, 4) is 23.3 Å². The SMILES string of the molecule is N#Cc1cccc(S(=O)(=O)Nc2ccc(OCc3nnc(-c4ccccc4)o3)cc2)c1. The highest BCUT2D eigenvalue weighted by Crippen LogP contribution is 2.22. The molecule has 0 aliphatic carbocycles. The molecule has 4 aromatic rings. The van der Waals surface area contributed by atoms with Crippen LogP contribution in [0.4, 0.5) is 5.69 Å². The van der Waals surface area contributed by atoms with Crippen molar-refractivity contribution >= 4 is 15.7 Å². The van der Waals surface area contributed by atoms with Gasteiger partial charge in [0.1, 0.15) is 5.75 Å². The first-order valence-electron chi connectivity index (χ1n) is 9.17. The van der Waals surface area contributed by atoms with E-state index in [-0.39, 0.29) is 17.1 Å². The Morgan fingerprint density at radius 1 is 0.968 bits per heavy atom. The fourth-order valence-corrected chi connectivity index (χ4v) is 3.82. The Labute approximate surface area is 178 Å². The van der Waals surface area contributed by atoms with Crippen LogP contribution >= 0.6 is 0 Å². The molecule has 0 aliphatic rings. The number of nitriles is 1. The molecule has 0 saturated heterocycles. The first kappa shape index (κ1) is 20.1. The van der Waals surface area contributed by atoms with Crippen LogP contribution in [-0.4, -0.2) is 18.6 Å². The first-order chi connectivity index (χ1) is 15.0. The van der Waals surface area contributed by atoms with E-state index in [1.807, 2.05) is 36.4 Å². The van der Waals surface area contributed by atoms with Crippen LogP contribution in [-0.2, 0) is 16.6 Å². The van der Waals surface area contributed by atoms with E-state index in [1.165, 1.54) is 24.3 Å². The van der Waals surface area contributed by atoms with Gasteiger partial charge in [0.25, 0.3) is 15.9 Å². The third kappa shape index (κ3) is 4.88. The standard InChI is InChI=1S/C22H16N4O4S/c23-14-16-5-4-8-20(13-16)31(27,28)26-18-9-11-19(12-10-18)29-15-21-24-25-22(30-21)17-6-2-1-3-7-17/h1-13,26H,15H2. The van der Waals surface area contributed by atoms with E-state index in [9.17, 15) is 8.42 Å². The molecule has 0 unspecified atom stereocenters. The van der Waals surface area contributed by atoms with E-state index in [1.54, 1.807) is 24.3 Å². The van der Waals surface area contributed by atoms with Crippen molar-refractivity contribution in [2.24, 2.45) is 0 Å². The molecule has 1 aromatic heterocycles. The van der Waals surface area contributed by atoms with Gasteiger partial charge in [-0.2, -0.15) is 5.26 Å². The number of ether oxygens (including phenoxy) is 1. The quantitative estimate of drug-likeness (QED) is 0.469. The van der Waals surface area contributed by atoms with E-state index in [2.05, 4.69) is 14.9 Å². The Hall–Kier alpha value is -4.16. The molecule has 154 valence electrons. The summed E-state index contributed by atoms with van der Waals surface area (Å²) in [5, 5.41) is 16.9. The lowest BCUT2D eigenvalue weighted by molar-refractivity contribution is 0.264. The van der Waals surface area contributed by atoms with E-state index < -0.39 is 10.0 Å². The van der Waals surface area contributed by atoms with Crippen LogP contribution < -0.4 is 9.46 Å². The maximum absolute atomic E-state index is 12.5. The Balaban J connectivity index is 1.38. The zero-order chi connectivity index (χ0) is 21.7. The topological polar surface area (TPSA) is 118 Å². The van der Waals surface area contributed by atoms with Gasteiger partial charge in [-0.05, 0) is 54.6 Å². The molecule has 0 spiro atoms. The van der Waals surface area contributed by atoms with Gasteiger partial charge in [0, 0.05) is 11.3 Å². The van der Waals surface area contributed by atoms with Crippen molar-refractivity contribution in [3.63, 3.8) is 0 Å². The smallest absolute Gasteiger partial charge is 0.261 e. The van der Waals surface area contributed by atoms with Gasteiger partial charge in [0.15, 0.2) is 6.61 Å². The number of hydrogen-bond donors (Lipinski definition) is 1. The third-order valence-corrected chi connectivity index (χ3v) is 5.61. The molecular formula is C22H16N4O4S. The Morgan fingerprint density at radius 2 is 1.74 bits per heavy atom. The van der Waals surface area contributed by atoms with Gasteiger partial charge in [-0.3, -0.25) is 4.72 Å². The van der Waals surface area contributed by atoms with Crippen LogP contribution in [0.2, 0.25) is 0 Å². The maximum atomic E-state index is 12.5.